The summed E-state index contributed by atoms with van der Waals surface area (Å²) in [5.74, 6) is 0.385. The molecule has 0 saturated heterocycles. The molecule has 1 unspecified atom stereocenters. The Bertz CT molecular complexity index is 697. The molecule has 7 heteroatoms. The lowest BCUT2D eigenvalue weighted by Gasteiger charge is -2.13. The van der Waals surface area contributed by atoms with Crippen LogP contribution in [0.3, 0.4) is 0 Å². The summed E-state index contributed by atoms with van der Waals surface area (Å²) < 4.78 is 13.2. The van der Waals surface area contributed by atoms with Crippen molar-refractivity contribution in [3.63, 3.8) is 0 Å². The number of rotatable bonds is 7. The highest BCUT2D eigenvalue weighted by atomic mass is 127. The van der Waals surface area contributed by atoms with Crippen LogP contribution < -0.4 is 10.6 Å². The Morgan fingerprint density at radius 3 is 2.58 bits per heavy atom. The predicted molar refractivity (Wildman–Crippen MR) is 116 cm³/mol. The van der Waals surface area contributed by atoms with E-state index in [4.69, 9.17) is 11.6 Å². The number of hydrogen-bond acceptors (Lipinski definition) is 2. The molecule has 0 aromatic heterocycles. The highest BCUT2D eigenvalue weighted by molar-refractivity contribution is 14.0. The largest absolute Gasteiger partial charge is 0.386 e. The van der Waals surface area contributed by atoms with Crippen LogP contribution in [0, 0.1) is 5.82 Å². The van der Waals surface area contributed by atoms with Gasteiger partial charge in [-0.05, 0) is 48.7 Å². The molecule has 0 amide bonds. The molecule has 0 aliphatic rings. The quantitative estimate of drug-likeness (QED) is 0.313. The average Bonchev–Trinajstić information content (AvgIpc) is 2.60. The number of aliphatic hydroxyl groups excluding tert-OH is 1. The van der Waals surface area contributed by atoms with E-state index in [-0.39, 0.29) is 36.3 Å². The first-order valence-corrected chi connectivity index (χ1v) is 8.66. The Balaban J connectivity index is 0.00000338. The molecule has 0 aliphatic carbocycles. The van der Waals surface area contributed by atoms with Crippen LogP contribution in [0.5, 0.6) is 0 Å². The standard InChI is InChI=1S/C19H23ClFN3O.HI/c1-2-22-19(23-11-10-14-4-3-5-17(21)12-14)24-13-18(25)15-6-8-16(20)9-7-15;/h3-9,12,18,25H,2,10-11,13H2,1H3,(H2,22,23,24);1H. The molecule has 0 heterocycles. The fraction of sp³-hybridized carbons (Fsp3) is 0.316. The fourth-order valence-electron chi connectivity index (χ4n) is 2.33. The summed E-state index contributed by atoms with van der Waals surface area (Å²) >= 11 is 5.85. The number of benzene rings is 2. The van der Waals surface area contributed by atoms with Crippen molar-refractivity contribution in [3.8, 4) is 0 Å². The van der Waals surface area contributed by atoms with E-state index in [1.165, 1.54) is 12.1 Å². The minimum atomic E-state index is -0.698. The van der Waals surface area contributed by atoms with Gasteiger partial charge >= 0.3 is 0 Å². The number of aliphatic hydroxyl groups is 1. The highest BCUT2D eigenvalue weighted by Crippen LogP contribution is 2.16. The molecule has 0 saturated carbocycles. The maximum absolute atomic E-state index is 13.2. The third-order valence-electron chi connectivity index (χ3n) is 3.62. The van der Waals surface area contributed by atoms with Crippen molar-refractivity contribution < 1.29 is 9.50 Å². The van der Waals surface area contributed by atoms with E-state index in [0.29, 0.717) is 30.5 Å². The second-order valence-corrected chi connectivity index (χ2v) is 6.03. The average molecular weight is 492 g/mol. The van der Waals surface area contributed by atoms with Gasteiger partial charge in [0, 0.05) is 18.1 Å². The van der Waals surface area contributed by atoms with Crippen molar-refractivity contribution >= 4 is 41.5 Å². The van der Waals surface area contributed by atoms with Crippen LogP contribution in [0.2, 0.25) is 5.02 Å². The van der Waals surface area contributed by atoms with Crippen molar-refractivity contribution in [2.75, 3.05) is 19.6 Å². The van der Waals surface area contributed by atoms with Gasteiger partial charge in [-0.15, -0.1) is 24.0 Å². The highest BCUT2D eigenvalue weighted by Gasteiger charge is 2.07. The lowest BCUT2D eigenvalue weighted by atomic mass is 10.1. The van der Waals surface area contributed by atoms with Gasteiger partial charge in [0.25, 0.3) is 0 Å². The SMILES string of the molecule is CCNC(=NCC(O)c1ccc(Cl)cc1)NCCc1cccc(F)c1.I. The molecule has 3 N–H and O–H groups in total. The van der Waals surface area contributed by atoms with E-state index in [1.54, 1.807) is 30.3 Å². The molecule has 26 heavy (non-hydrogen) atoms. The van der Waals surface area contributed by atoms with Gasteiger partial charge in [-0.2, -0.15) is 0 Å². The molecule has 0 fully saturated rings. The van der Waals surface area contributed by atoms with E-state index in [0.717, 1.165) is 11.1 Å². The van der Waals surface area contributed by atoms with Crippen LogP contribution in [0.25, 0.3) is 0 Å². The molecule has 0 spiro atoms. The molecule has 0 aliphatic heterocycles. The summed E-state index contributed by atoms with van der Waals surface area (Å²) in [7, 11) is 0. The van der Waals surface area contributed by atoms with Crippen LogP contribution in [0.4, 0.5) is 4.39 Å². The van der Waals surface area contributed by atoms with Crippen molar-refractivity contribution in [3.05, 3.63) is 70.5 Å². The van der Waals surface area contributed by atoms with E-state index in [9.17, 15) is 9.50 Å². The topological polar surface area (TPSA) is 56.7 Å². The maximum Gasteiger partial charge on any atom is 0.191 e. The summed E-state index contributed by atoms with van der Waals surface area (Å²) in [4.78, 5) is 4.40. The smallest absolute Gasteiger partial charge is 0.191 e. The van der Waals surface area contributed by atoms with Gasteiger partial charge in [-0.1, -0.05) is 35.9 Å². The predicted octanol–water partition coefficient (Wildman–Crippen LogP) is 3.93. The zero-order valence-corrected chi connectivity index (χ0v) is 17.7. The summed E-state index contributed by atoms with van der Waals surface area (Å²) in [6.07, 6.45) is -0.0157. The van der Waals surface area contributed by atoms with Crippen LogP contribution in [-0.4, -0.2) is 30.7 Å². The zero-order valence-electron chi connectivity index (χ0n) is 14.6. The number of hydrogen-bond donors (Lipinski definition) is 3. The minimum absolute atomic E-state index is 0. The molecular formula is C19H24ClFIN3O. The second kappa shape index (κ2) is 12.1. The van der Waals surface area contributed by atoms with Crippen molar-refractivity contribution in [1.82, 2.24) is 10.6 Å². The summed E-state index contributed by atoms with van der Waals surface area (Å²) in [6.45, 7) is 3.53. The van der Waals surface area contributed by atoms with Crippen LogP contribution in [0.15, 0.2) is 53.5 Å². The monoisotopic (exact) mass is 491 g/mol. The number of halogens is 3. The molecule has 2 aromatic rings. The number of guanidine groups is 1. The Labute approximate surface area is 175 Å². The first kappa shape index (κ1) is 22.7. The molecule has 1 atom stereocenters. The maximum atomic E-state index is 13.2. The number of nitrogens with zero attached hydrogens (tertiary/aromatic N) is 1. The summed E-state index contributed by atoms with van der Waals surface area (Å²) in [5, 5.41) is 17.2. The third kappa shape index (κ3) is 7.88. The summed E-state index contributed by atoms with van der Waals surface area (Å²) in [6, 6.07) is 13.6. The molecule has 2 aromatic carbocycles. The number of aliphatic imine (C=N–C) groups is 1. The van der Waals surface area contributed by atoms with E-state index >= 15 is 0 Å². The molecule has 0 radical (unpaired) electrons. The Morgan fingerprint density at radius 1 is 1.19 bits per heavy atom. The first-order chi connectivity index (χ1) is 12.1. The van der Waals surface area contributed by atoms with E-state index < -0.39 is 6.10 Å². The van der Waals surface area contributed by atoms with Gasteiger partial charge < -0.3 is 15.7 Å². The lowest BCUT2D eigenvalue weighted by Crippen LogP contribution is -2.38. The number of nitrogens with one attached hydrogen (secondary N) is 2. The third-order valence-corrected chi connectivity index (χ3v) is 3.87. The zero-order chi connectivity index (χ0) is 18.1. The van der Waals surface area contributed by atoms with Gasteiger partial charge in [-0.3, -0.25) is 4.99 Å². The lowest BCUT2D eigenvalue weighted by molar-refractivity contribution is 0.187. The molecule has 142 valence electrons. The van der Waals surface area contributed by atoms with Gasteiger partial charge in [0.1, 0.15) is 5.82 Å². The van der Waals surface area contributed by atoms with Crippen molar-refractivity contribution in [2.24, 2.45) is 4.99 Å². The Morgan fingerprint density at radius 2 is 1.92 bits per heavy atom. The first-order valence-electron chi connectivity index (χ1n) is 8.28. The minimum Gasteiger partial charge on any atom is -0.386 e. The van der Waals surface area contributed by atoms with Gasteiger partial charge in [0.05, 0.1) is 12.6 Å². The van der Waals surface area contributed by atoms with Gasteiger partial charge in [0.15, 0.2) is 5.96 Å². The van der Waals surface area contributed by atoms with Crippen molar-refractivity contribution in [2.45, 2.75) is 19.4 Å². The van der Waals surface area contributed by atoms with Crippen molar-refractivity contribution in [1.29, 1.82) is 0 Å². The molecule has 0 bridgehead atoms. The Kier molecular flexibility index (Phi) is 10.5. The molecule has 2 rings (SSSR count). The molecule has 4 nitrogen and oxygen atoms in total. The summed E-state index contributed by atoms with van der Waals surface area (Å²) in [5.41, 5.74) is 1.69. The normalized spacial score (nSPS) is 12.2. The van der Waals surface area contributed by atoms with Gasteiger partial charge in [-0.25, -0.2) is 4.39 Å². The van der Waals surface area contributed by atoms with Crippen LogP contribution in [-0.2, 0) is 6.42 Å². The molecular weight excluding hydrogens is 468 g/mol. The van der Waals surface area contributed by atoms with Gasteiger partial charge in [0.2, 0.25) is 0 Å². The van der Waals surface area contributed by atoms with E-state index in [2.05, 4.69) is 15.6 Å². The van der Waals surface area contributed by atoms with E-state index in [1.807, 2.05) is 13.0 Å². The Hall–Kier alpha value is -1.38. The second-order valence-electron chi connectivity index (χ2n) is 5.59. The van der Waals surface area contributed by atoms with Crippen LogP contribution in [0.1, 0.15) is 24.2 Å². The van der Waals surface area contributed by atoms with Crippen LogP contribution >= 0.6 is 35.6 Å². The fourth-order valence-corrected chi connectivity index (χ4v) is 2.45.